The summed E-state index contributed by atoms with van der Waals surface area (Å²) in [7, 11) is 0. The standard InChI is InChI=1S/C16H22Cl2N2O2/c1-11(21)19-8-12-3-2-6-20(9-12)10-16(22)14-5-4-13(17)7-15(14)18/h4-5,7,12,16,22H,2-3,6,8-10H2,1H3,(H,19,21). The predicted molar refractivity (Wildman–Crippen MR) is 89.3 cm³/mol. The molecule has 1 aromatic carbocycles. The van der Waals surface area contributed by atoms with Gasteiger partial charge in [-0.3, -0.25) is 4.79 Å². The smallest absolute Gasteiger partial charge is 0.216 e. The highest BCUT2D eigenvalue weighted by atomic mass is 35.5. The Labute approximate surface area is 141 Å². The number of likely N-dealkylation sites (tertiary alicyclic amines) is 1. The summed E-state index contributed by atoms with van der Waals surface area (Å²) in [6.07, 6.45) is 1.55. The molecule has 1 fully saturated rings. The van der Waals surface area contributed by atoms with Gasteiger partial charge in [-0.1, -0.05) is 29.3 Å². The normalized spacial score (nSPS) is 20.6. The SMILES string of the molecule is CC(=O)NCC1CCCN(CC(O)c2ccc(Cl)cc2Cl)C1. The zero-order valence-corrected chi connectivity index (χ0v) is 14.2. The molecule has 1 aliphatic rings. The molecule has 0 aromatic heterocycles. The Balaban J connectivity index is 1.90. The quantitative estimate of drug-likeness (QED) is 0.863. The van der Waals surface area contributed by atoms with Crippen LogP contribution in [0, 0.1) is 5.92 Å². The maximum absolute atomic E-state index is 11.0. The predicted octanol–water partition coefficient (Wildman–Crippen LogP) is 2.87. The second-order valence-corrected chi connectivity index (χ2v) is 6.73. The molecular weight excluding hydrogens is 323 g/mol. The first-order valence-electron chi connectivity index (χ1n) is 7.55. The molecule has 2 rings (SSSR count). The number of aliphatic hydroxyl groups is 1. The Morgan fingerprint density at radius 2 is 2.27 bits per heavy atom. The van der Waals surface area contributed by atoms with E-state index in [1.165, 1.54) is 6.92 Å². The number of hydrogen-bond acceptors (Lipinski definition) is 3. The summed E-state index contributed by atoms with van der Waals surface area (Å²) in [6, 6.07) is 5.16. The first-order valence-corrected chi connectivity index (χ1v) is 8.31. The fourth-order valence-corrected chi connectivity index (χ4v) is 3.42. The van der Waals surface area contributed by atoms with Crippen LogP contribution in [0.4, 0.5) is 0 Å². The Kier molecular flexibility index (Phi) is 6.50. The molecule has 0 bridgehead atoms. The van der Waals surface area contributed by atoms with Gasteiger partial charge in [0.15, 0.2) is 0 Å². The van der Waals surface area contributed by atoms with Crippen LogP contribution in [0.5, 0.6) is 0 Å². The summed E-state index contributed by atoms with van der Waals surface area (Å²) in [5.74, 6) is 0.440. The van der Waals surface area contributed by atoms with E-state index >= 15 is 0 Å². The van der Waals surface area contributed by atoms with Gasteiger partial charge in [-0.25, -0.2) is 0 Å². The van der Waals surface area contributed by atoms with Gasteiger partial charge in [0.05, 0.1) is 6.10 Å². The molecule has 4 nitrogen and oxygen atoms in total. The summed E-state index contributed by atoms with van der Waals surface area (Å²) < 4.78 is 0. The van der Waals surface area contributed by atoms with Crippen molar-refractivity contribution in [1.82, 2.24) is 10.2 Å². The first kappa shape index (κ1) is 17.5. The molecule has 2 unspecified atom stereocenters. The minimum Gasteiger partial charge on any atom is -0.387 e. The van der Waals surface area contributed by atoms with Crippen LogP contribution in [-0.4, -0.2) is 42.1 Å². The molecule has 1 heterocycles. The van der Waals surface area contributed by atoms with Crippen LogP contribution in [0.2, 0.25) is 10.0 Å². The maximum Gasteiger partial charge on any atom is 0.216 e. The number of carbonyl (C=O) groups is 1. The molecule has 1 aliphatic heterocycles. The van der Waals surface area contributed by atoms with E-state index in [4.69, 9.17) is 23.2 Å². The third kappa shape index (κ3) is 5.13. The second-order valence-electron chi connectivity index (χ2n) is 5.89. The number of carbonyl (C=O) groups excluding carboxylic acids is 1. The average Bonchev–Trinajstić information content (AvgIpc) is 2.45. The minimum absolute atomic E-state index is 0.00473. The molecule has 0 radical (unpaired) electrons. The number of rotatable bonds is 5. The molecule has 0 spiro atoms. The lowest BCUT2D eigenvalue weighted by molar-refractivity contribution is -0.119. The monoisotopic (exact) mass is 344 g/mol. The van der Waals surface area contributed by atoms with E-state index in [0.717, 1.165) is 25.9 Å². The lowest BCUT2D eigenvalue weighted by atomic mass is 9.97. The third-order valence-electron chi connectivity index (χ3n) is 4.00. The molecule has 6 heteroatoms. The zero-order valence-electron chi connectivity index (χ0n) is 12.7. The van der Waals surface area contributed by atoms with Crippen LogP contribution < -0.4 is 5.32 Å². The van der Waals surface area contributed by atoms with Gasteiger partial charge in [-0.2, -0.15) is 0 Å². The number of nitrogens with zero attached hydrogens (tertiary/aromatic N) is 1. The van der Waals surface area contributed by atoms with Crippen LogP contribution in [0.25, 0.3) is 0 Å². The van der Waals surface area contributed by atoms with Gasteiger partial charge in [0.25, 0.3) is 0 Å². The lowest BCUT2D eigenvalue weighted by Crippen LogP contribution is -2.42. The molecule has 0 aliphatic carbocycles. The van der Waals surface area contributed by atoms with E-state index in [0.29, 0.717) is 34.6 Å². The van der Waals surface area contributed by atoms with Crippen molar-refractivity contribution in [2.45, 2.75) is 25.9 Å². The summed E-state index contributed by atoms with van der Waals surface area (Å²) >= 11 is 12.0. The molecule has 22 heavy (non-hydrogen) atoms. The third-order valence-corrected chi connectivity index (χ3v) is 4.56. The van der Waals surface area contributed by atoms with Crippen molar-refractivity contribution in [3.8, 4) is 0 Å². The summed E-state index contributed by atoms with van der Waals surface area (Å²) in [5.41, 5.74) is 0.704. The fourth-order valence-electron chi connectivity index (χ4n) is 2.89. The minimum atomic E-state index is -0.635. The number of hydrogen-bond donors (Lipinski definition) is 2. The number of halogens is 2. The number of β-amino-alcohol motifs (C(OH)–C–C–N with tert-alkyl or cyclic N) is 1. The molecule has 1 aromatic rings. The number of amides is 1. The van der Waals surface area contributed by atoms with Crippen LogP contribution in [-0.2, 0) is 4.79 Å². The Bertz CT molecular complexity index is 525. The highest BCUT2D eigenvalue weighted by Gasteiger charge is 2.23. The number of nitrogens with one attached hydrogen (secondary N) is 1. The lowest BCUT2D eigenvalue weighted by Gasteiger charge is -2.34. The highest BCUT2D eigenvalue weighted by molar-refractivity contribution is 6.35. The van der Waals surface area contributed by atoms with Gasteiger partial charge >= 0.3 is 0 Å². The van der Waals surface area contributed by atoms with Crippen molar-refractivity contribution in [3.63, 3.8) is 0 Å². The summed E-state index contributed by atoms with van der Waals surface area (Å²) in [5, 5.41) is 14.3. The number of benzene rings is 1. The van der Waals surface area contributed by atoms with Gasteiger partial charge in [-0.05, 0) is 37.4 Å². The van der Waals surface area contributed by atoms with Crippen LogP contribution >= 0.6 is 23.2 Å². The first-order chi connectivity index (χ1) is 10.5. The fraction of sp³-hybridized carbons (Fsp3) is 0.562. The topological polar surface area (TPSA) is 52.6 Å². The van der Waals surface area contributed by atoms with Crippen molar-refractivity contribution in [2.24, 2.45) is 5.92 Å². The number of aliphatic hydroxyl groups excluding tert-OH is 1. The Morgan fingerprint density at radius 3 is 2.95 bits per heavy atom. The number of piperidine rings is 1. The van der Waals surface area contributed by atoms with Crippen molar-refractivity contribution in [2.75, 3.05) is 26.2 Å². The molecule has 122 valence electrons. The summed E-state index contributed by atoms with van der Waals surface area (Å²) in [4.78, 5) is 13.2. The van der Waals surface area contributed by atoms with E-state index in [9.17, 15) is 9.90 Å². The van der Waals surface area contributed by atoms with Crippen molar-refractivity contribution in [3.05, 3.63) is 33.8 Å². The molecular formula is C16H22Cl2N2O2. The largest absolute Gasteiger partial charge is 0.387 e. The van der Waals surface area contributed by atoms with E-state index in [-0.39, 0.29) is 5.91 Å². The van der Waals surface area contributed by atoms with Gasteiger partial charge in [-0.15, -0.1) is 0 Å². The van der Waals surface area contributed by atoms with E-state index in [2.05, 4.69) is 10.2 Å². The Morgan fingerprint density at radius 1 is 1.50 bits per heavy atom. The van der Waals surface area contributed by atoms with Crippen molar-refractivity contribution >= 4 is 29.1 Å². The van der Waals surface area contributed by atoms with Crippen LogP contribution in [0.1, 0.15) is 31.4 Å². The van der Waals surface area contributed by atoms with Crippen LogP contribution in [0.3, 0.4) is 0 Å². The van der Waals surface area contributed by atoms with E-state index < -0.39 is 6.10 Å². The van der Waals surface area contributed by atoms with E-state index in [1.54, 1.807) is 18.2 Å². The molecule has 0 saturated carbocycles. The molecule has 1 amide bonds. The Hall–Kier alpha value is -0.810. The van der Waals surface area contributed by atoms with Gasteiger partial charge in [0, 0.05) is 42.2 Å². The maximum atomic E-state index is 11.0. The van der Waals surface area contributed by atoms with Crippen molar-refractivity contribution < 1.29 is 9.90 Å². The van der Waals surface area contributed by atoms with Crippen LogP contribution in [0.15, 0.2) is 18.2 Å². The van der Waals surface area contributed by atoms with E-state index in [1.807, 2.05) is 0 Å². The highest BCUT2D eigenvalue weighted by Crippen LogP contribution is 2.28. The van der Waals surface area contributed by atoms with Gasteiger partial charge in [0.2, 0.25) is 5.91 Å². The molecule has 2 N–H and O–H groups in total. The zero-order chi connectivity index (χ0) is 16.1. The molecule has 1 saturated heterocycles. The van der Waals surface area contributed by atoms with Gasteiger partial charge in [0.1, 0.15) is 0 Å². The van der Waals surface area contributed by atoms with Gasteiger partial charge < -0.3 is 15.3 Å². The summed E-state index contributed by atoms with van der Waals surface area (Å²) in [6.45, 7) is 4.61. The average molecular weight is 345 g/mol. The van der Waals surface area contributed by atoms with Crippen molar-refractivity contribution in [1.29, 1.82) is 0 Å². The molecule has 2 atom stereocenters. The second kappa shape index (κ2) is 8.16.